The molecule has 2 aromatic rings. The number of anilines is 1. The zero-order chi connectivity index (χ0) is 13.1. The van der Waals surface area contributed by atoms with Crippen LogP contribution in [0, 0.1) is 6.92 Å². The van der Waals surface area contributed by atoms with Gasteiger partial charge in [0.1, 0.15) is 0 Å². The Morgan fingerprint density at radius 3 is 2.50 bits per heavy atom. The second-order valence-electron chi connectivity index (χ2n) is 4.02. The molecule has 4 heteroatoms. The van der Waals surface area contributed by atoms with E-state index in [0.717, 1.165) is 10.6 Å². The molecule has 0 aliphatic heterocycles. The third-order valence-electron chi connectivity index (χ3n) is 2.70. The number of hydrogen-bond acceptors (Lipinski definition) is 2. The van der Waals surface area contributed by atoms with Gasteiger partial charge in [0.15, 0.2) is 0 Å². The van der Waals surface area contributed by atoms with Crippen LogP contribution in [-0.4, -0.2) is 0 Å². The van der Waals surface area contributed by atoms with Crippen molar-refractivity contribution in [1.29, 1.82) is 0 Å². The minimum atomic E-state index is 0.495. The summed E-state index contributed by atoms with van der Waals surface area (Å²) in [5.41, 5.74) is 9.18. The molecule has 0 saturated heterocycles. The smallest absolute Gasteiger partial charge is 0.0613 e. The number of rotatable bonds is 3. The average Bonchev–Trinajstić information content (AvgIpc) is 2.34. The Bertz CT molecular complexity index is 570. The summed E-state index contributed by atoms with van der Waals surface area (Å²) in [5.74, 6) is 0.870. The topological polar surface area (TPSA) is 26.0 Å². The highest BCUT2D eigenvalue weighted by Crippen LogP contribution is 2.35. The largest absolute Gasteiger partial charge is 0.398 e. The monoisotopic (exact) mass is 297 g/mol. The fourth-order valence-electron chi connectivity index (χ4n) is 1.60. The molecular formula is C14H13Cl2NS. The highest BCUT2D eigenvalue weighted by Gasteiger charge is 2.06. The van der Waals surface area contributed by atoms with E-state index in [1.54, 1.807) is 17.8 Å². The molecule has 0 aliphatic rings. The predicted molar refractivity (Wildman–Crippen MR) is 81.6 cm³/mol. The van der Waals surface area contributed by atoms with Gasteiger partial charge in [-0.15, -0.1) is 11.8 Å². The Kier molecular flexibility index (Phi) is 4.44. The number of nitrogen functional groups attached to an aromatic ring is 1. The number of hydrogen-bond donors (Lipinski definition) is 1. The van der Waals surface area contributed by atoms with Crippen molar-refractivity contribution >= 4 is 40.7 Å². The molecule has 2 N–H and O–H groups in total. The molecule has 18 heavy (non-hydrogen) atoms. The van der Waals surface area contributed by atoms with E-state index in [2.05, 4.69) is 19.1 Å². The van der Waals surface area contributed by atoms with E-state index >= 15 is 0 Å². The third kappa shape index (κ3) is 3.14. The molecule has 0 spiro atoms. The van der Waals surface area contributed by atoms with Gasteiger partial charge in [-0.3, -0.25) is 0 Å². The lowest BCUT2D eigenvalue weighted by Crippen LogP contribution is -1.91. The fraction of sp³-hybridized carbons (Fsp3) is 0.143. The summed E-state index contributed by atoms with van der Waals surface area (Å²) in [7, 11) is 0. The fourth-order valence-corrected chi connectivity index (χ4v) is 3.06. The number of halogens is 2. The van der Waals surface area contributed by atoms with Crippen molar-refractivity contribution in [1.82, 2.24) is 0 Å². The van der Waals surface area contributed by atoms with Crippen molar-refractivity contribution in [2.24, 2.45) is 0 Å². The van der Waals surface area contributed by atoms with E-state index < -0.39 is 0 Å². The maximum atomic E-state index is 6.00. The Balaban J connectivity index is 2.16. The van der Waals surface area contributed by atoms with E-state index in [1.165, 1.54) is 11.1 Å². The van der Waals surface area contributed by atoms with Crippen molar-refractivity contribution in [3.8, 4) is 0 Å². The van der Waals surface area contributed by atoms with Crippen LogP contribution in [-0.2, 0) is 5.75 Å². The maximum Gasteiger partial charge on any atom is 0.0613 e. The van der Waals surface area contributed by atoms with E-state index in [9.17, 15) is 0 Å². The first kappa shape index (κ1) is 13.6. The number of aryl methyl sites for hydroxylation is 1. The van der Waals surface area contributed by atoms with Crippen molar-refractivity contribution < 1.29 is 0 Å². The van der Waals surface area contributed by atoms with Gasteiger partial charge in [-0.25, -0.2) is 0 Å². The summed E-state index contributed by atoms with van der Waals surface area (Å²) in [6.45, 7) is 2.11. The zero-order valence-electron chi connectivity index (χ0n) is 9.91. The standard InChI is InChI=1S/C14H13Cl2NS/c1-9-4-2-3-5-10(9)8-18-14-7-12(16)11(15)6-13(14)17/h2-7H,8,17H2,1H3. The number of thioether (sulfide) groups is 1. The molecule has 2 aromatic carbocycles. The van der Waals surface area contributed by atoms with Gasteiger partial charge in [0, 0.05) is 16.3 Å². The highest BCUT2D eigenvalue weighted by molar-refractivity contribution is 7.98. The van der Waals surface area contributed by atoms with Crippen molar-refractivity contribution in [2.45, 2.75) is 17.6 Å². The molecule has 0 aliphatic carbocycles. The van der Waals surface area contributed by atoms with Crippen molar-refractivity contribution in [3.63, 3.8) is 0 Å². The van der Waals surface area contributed by atoms with Crippen LogP contribution in [0.4, 0.5) is 5.69 Å². The maximum absolute atomic E-state index is 6.00. The van der Waals surface area contributed by atoms with Gasteiger partial charge < -0.3 is 5.73 Å². The SMILES string of the molecule is Cc1ccccc1CSc1cc(Cl)c(Cl)cc1N. The number of nitrogens with two attached hydrogens (primary N) is 1. The Morgan fingerprint density at radius 2 is 1.78 bits per heavy atom. The molecule has 0 fully saturated rings. The molecule has 2 rings (SSSR count). The lowest BCUT2D eigenvalue weighted by Gasteiger charge is -2.09. The Morgan fingerprint density at radius 1 is 1.11 bits per heavy atom. The van der Waals surface area contributed by atoms with Crippen LogP contribution in [0.15, 0.2) is 41.3 Å². The van der Waals surface area contributed by atoms with Crippen LogP contribution in [0.1, 0.15) is 11.1 Å². The van der Waals surface area contributed by atoms with Gasteiger partial charge >= 0.3 is 0 Å². The molecule has 0 saturated carbocycles. The van der Waals surface area contributed by atoms with Crippen molar-refractivity contribution in [3.05, 3.63) is 57.6 Å². The summed E-state index contributed by atoms with van der Waals surface area (Å²) in [6.07, 6.45) is 0. The molecule has 0 amide bonds. The van der Waals surface area contributed by atoms with Crippen LogP contribution in [0.3, 0.4) is 0 Å². The molecule has 1 nitrogen and oxygen atoms in total. The van der Waals surface area contributed by atoms with Crippen LogP contribution in [0.2, 0.25) is 10.0 Å². The average molecular weight is 298 g/mol. The van der Waals surface area contributed by atoms with Crippen molar-refractivity contribution in [2.75, 3.05) is 5.73 Å². The summed E-state index contributed by atoms with van der Waals surface area (Å²) in [6, 6.07) is 11.8. The van der Waals surface area contributed by atoms with Gasteiger partial charge in [0.2, 0.25) is 0 Å². The van der Waals surface area contributed by atoms with Gasteiger partial charge in [-0.1, -0.05) is 47.5 Å². The highest BCUT2D eigenvalue weighted by atomic mass is 35.5. The van der Waals surface area contributed by atoms with Gasteiger partial charge in [0.05, 0.1) is 10.0 Å². The summed E-state index contributed by atoms with van der Waals surface area (Å²) >= 11 is 13.6. The molecule has 0 unspecified atom stereocenters. The Hall–Kier alpha value is -0.830. The molecule has 0 heterocycles. The van der Waals surface area contributed by atoms with E-state index in [-0.39, 0.29) is 0 Å². The molecular weight excluding hydrogens is 285 g/mol. The molecule has 94 valence electrons. The van der Waals surface area contributed by atoms with Gasteiger partial charge in [-0.05, 0) is 30.2 Å². The molecule has 0 bridgehead atoms. The quantitative estimate of drug-likeness (QED) is 0.624. The van der Waals surface area contributed by atoms with Crippen LogP contribution >= 0.6 is 35.0 Å². The first-order valence-corrected chi connectivity index (χ1v) is 7.24. The van der Waals surface area contributed by atoms with E-state index in [1.807, 2.05) is 18.2 Å². The second-order valence-corrected chi connectivity index (χ2v) is 5.85. The van der Waals surface area contributed by atoms with Crippen LogP contribution < -0.4 is 5.73 Å². The summed E-state index contributed by atoms with van der Waals surface area (Å²) in [5, 5.41) is 1.03. The minimum Gasteiger partial charge on any atom is -0.398 e. The van der Waals surface area contributed by atoms with E-state index in [0.29, 0.717) is 15.7 Å². The third-order valence-corrected chi connectivity index (χ3v) is 4.54. The minimum absolute atomic E-state index is 0.495. The lowest BCUT2D eigenvalue weighted by atomic mass is 10.1. The zero-order valence-corrected chi connectivity index (χ0v) is 12.2. The van der Waals surface area contributed by atoms with E-state index in [4.69, 9.17) is 28.9 Å². The molecule has 0 aromatic heterocycles. The molecule has 0 radical (unpaired) electrons. The molecule has 0 atom stereocenters. The van der Waals surface area contributed by atoms with Crippen LogP contribution in [0.5, 0.6) is 0 Å². The van der Waals surface area contributed by atoms with Gasteiger partial charge in [0.25, 0.3) is 0 Å². The van der Waals surface area contributed by atoms with Crippen LogP contribution in [0.25, 0.3) is 0 Å². The second kappa shape index (κ2) is 5.87. The number of benzene rings is 2. The normalized spacial score (nSPS) is 10.6. The Labute approximate surface area is 121 Å². The first-order valence-electron chi connectivity index (χ1n) is 5.50. The summed E-state index contributed by atoms with van der Waals surface area (Å²) < 4.78 is 0. The lowest BCUT2D eigenvalue weighted by molar-refractivity contribution is 1.30. The van der Waals surface area contributed by atoms with Gasteiger partial charge in [-0.2, -0.15) is 0 Å². The predicted octanol–water partition coefficient (Wildman–Crippen LogP) is 5.18. The summed E-state index contributed by atoms with van der Waals surface area (Å²) in [4.78, 5) is 0.965. The first-order chi connectivity index (χ1) is 8.58.